The van der Waals surface area contributed by atoms with Gasteiger partial charge in [-0.3, -0.25) is 14.4 Å². The number of nitrogens with one attached hydrogen (secondary N) is 2. The van der Waals surface area contributed by atoms with E-state index in [1.54, 1.807) is 4.90 Å². The Balaban J connectivity index is 1.43. The molecule has 2 fully saturated rings. The third kappa shape index (κ3) is 5.73. The molecule has 1 aliphatic carbocycles. The van der Waals surface area contributed by atoms with Gasteiger partial charge in [0.1, 0.15) is 11.4 Å². The summed E-state index contributed by atoms with van der Waals surface area (Å²) in [7, 11) is 0. The number of hydrogen-bond acceptors (Lipinski definition) is 5. The average Bonchev–Trinajstić information content (AvgIpc) is 3.59. The topological polar surface area (TPSA) is 104 Å². The molecule has 3 amide bonds. The first-order chi connectivity index (χ1) is 19.0. The van der Waals surface area contributed by atoms with Crippen LogP contribution in [0.1, 0.15) is 90.3 Å². The number of likely N-dealkylation sites (tertiary alicyclic amines) is 1. The van der Waals surface area contributed by atoms with E-state index in [2.05, 4.69) is 20.6 Å². The number of halogens is 6. The molecule has 1 aliphatic heterocycles. The number of amides is 3. The van der Waals surface area contributed by atoms with Crippen molar-refractivity contribution in [1.82, 2.24) is 25.5 Å². The molecule has 0 unspecified atom stereocenters. The number of rotatable bonds is 7. The minimum absolute atomic E-state index is 0.0394. The lowest BCUT2D eigenvalue weighted by Gasteiger charge is -2.27. The molecule has 2 aliphatic rings. The van der Waals surface area contributed by atoms with Gasteiger partial charge in [0.05, 0.1) is 17.3 Å². The van der Waals surface area contributed by atoms with E-state index in [9.17, 15) is 36.3 Å². The lowest BCUT2D eigenvalue weighted by molar-refractivity contribution is -0.292. The second-order valence-electron chi connectivity index (χ2n) is 10.7. The molecular formula is C27H29F6N5O3. The van der Waals surface area contributed by atoms with Gasteiger partial charge >= 0.3 is 12.1 Å². The first-order valence-corrected chi connectivity index (χ1v) is 13.0. The van der Waals surface area contributed by atoms with Crippen molar-refractivity contribution in [3.8, 4) is 0 Å². The summed E-state index contributed by atoms with van der Waals surface area (Å²) in [6.45, 7) is 6.46. The van der Waals surface area contributed by atoms with Crippen molar-refractivity contribution in [2.45, 2.75) is 89.1 Å². The summed E-state index contributed by atoms with van der Waals surface area (Å²) in [5.74, 6) is -9.67. The summed E-state index contributed by atoms with van der Waals surface area (Å²) < 4.78 is 80.1. The molecule has 2 aromatic rings. The normalized spacial score (nSPS) is 20.9. The predicted molar refractivity (Wildman–Crippen MR) is 133 cm³/mol. The molecule has 0 spiro atoms. The van der Waals surface area contributed by atoms with Gasteiger partial charge in [0.25, 0.3) is 11.8 Å². The quantitative estimate of drug-likeness (QED) is 0.458. The third-order valence-electron chi connectivity index (χ3n) is 7.65. The van der Waals surface area contributed by atoms with Gasteiger partial charge in [0.2, 0.25) is 11.7 Å². The molecular weight excluding hydrogens is 556 g/mol. The first kappa shape index (κ1) is 30.3. The Hall–Kier alpha value is -3.71. The number of aromatic nitrogens is 2. The van der Waals surface area contributed by atoms with Gasteiger partial charge in [-0.1, -0.05) is 6.07 Å². The van der Waals surface area contributed by atoms with E-state index in [1.807, 2.05) is 13.8 Å². The summed E-state index contributed by atoms with van der Waals surface area (Å²) in [6.07, 6.45) is -3.23. The zero-order valence-electron chi connectivity index (χ0n) is 22.7. The summed E-state index contributed by atoms with van der Waals surface area (Å²) in [5.41, 5.74) is -1.90. The lowest BCUT2D eigenvalue weighted by atomic mass is 10.0. The number of nitrogens with zero attached hydrogens (tertiary/aromatic N) is 3. The minimum Gasteiger partial charge on any atom is -0.347 e. The Kier molecular flexibility index (Phi) is 7.82. The summed E-state index contributed by atoms with van der Waals surface area (Å²) >= 11 is 0. The highest BCUT2D eigenvalue weighted by molar-refractivity contribution is 6.01. The molecule has 222 valence electrons. The van der Waals surface area contributed by atoms with Crippen LogP contribution < -0.4 is 10.6 Å². The van der Waals surface area contributed by atoms with E-state index >= 15 is 4.39 Å². The molecule has 0 bridgehead atoms. The van der Waals surface area contributed by atoms with Crippen LogP contribution in [0.5, 0.6) is 0 Å². The highest BCUT2D eigenvalue weighted by Gasteiger charge is 2.61. The molecule has 1 aromatic heterocycles. The van der Waals surface area contributed by atoms with Crippen molar-refractivity contribution in [3.05, 3.63) is 58.4 Å². The van der Waals surface area contributed by atoms with Crippen molar-refractivity contribution < 1.29 is 40.7 Å². The predicted octanol–water partition coefficient (Wildman–Crippen LogP) is 4.73. The van der Waals surface area contributed by atoms with Crippen molar-refractivity contribution in [2.24, 2.45) is 0 Å². The highest BCUT2D eigenvalue weighted by atomic mass is 19.4. The monoisotopic (exact) mass is 585 g/mol. The van der Waals surface area contributed by atoms with Gasteiger partial charge in [-0.05, 0) is 65.5 Å². The van der Waals surface area contributed by atoms with E-state index in [-0.39, 0.29) is 47.5 Å². The number of alkyl halides is 5. The summed E-state index contributed by atoms with van der Waals surface area (Å²) in [6, 6.07) is 3.26. The molecule has 1 aromatic carbocycles. The maximum Gasteiger partial charge on any atom is 0.461 e. The lowest BCUT2D eigenvalue weighted by Crippen LogP contribution is -2.49. The number of aryl methyl sites for hydroxylation is 1. The van der Waals surface area contributed by atoms with Crippen molar-refractivity contribution in [1.29, 1.82) is 0 Å². The zero-order valence-corrected chi connectivity index (χ0v) is 22.7. The van der Waals surface area contributed by atoms with Gasteiger partial charge in [0, 0.05) is 29.4 Å². The van der Waals surface area contributed by atoms with Gasteiger partial charge in [0.15, 0.2) is 0 Å². The van der Waals surface area contributed by atoms with Crippen LogP contribution in [-0.4, -0.2) is 56.4 Å². The Morgan fingerprint density at radius 2 is 1.68 bits per heavy atom. The van der Waals surface area contributed by atoms with Crippen molar-refractivity contribution in [2.75, 3.05) is 0 Å². The van der Waals surface area contributed by atoms with Crippen LogP contribution in [-0.2, 0) is 10.7 Å². The van der Waals surface area contributed by atoms with Gasteiger partial charge in [-0.2, -0.15) is 22.0 Å². The van der Waals surface area contributed by atoms with E-state index < -0.39 is 52.8 Å². The van der Waals surface area contributed by atoms with E-state index in [0.29, 0.717) is 6.20 Å². The van der Waals surface area contributed by atoms with Crippen LogP contribution in [0.4, 0.5) is 26.3 Å². The molecule has 14 heteroatoms. The van der Waals surface area contributed by atoms with Crippen LogP contribution in [0.3, 0.4) is 0 Å². The van der Waals surface area contributed by atoms with Crippen LogP contribution in [0.25, 0.3) is 0 Å². The smallest absolute Gasteiger partial charge is 0.347 e. The fraction of sp³-hybridized carbons (Fsp3) is 0.519. The number of benzene rings is 1. The Labute approximate surface area is 231 Å². The molecule has 8 nitrogen and oxygen atoms in total. The minimum atomic E-state index is -5.92. The second kappa shape index (κ2) is 10.6. The first-order valence-electron chi connectivity index (χ1n) is 13.0. The molecule has 3 atom stereocenters. The van der Waals surface area contributed by atoms with Gasteiger partial charge in [-0.25, -0.2) is 14.4 Å². The maximum absolute atomic E-state index is 15.0. The number of hydrogen-bond donors (Lipinski definition) is 2. The molecule has 4 rings (SSSR count). The highest BCUT2D eigenvalue weighted by Crippen LogP contribution is 2.42. The van der Waals surface area contributed by atoms with Crippen LogP contribution >= 0.6 is 0 Å². The summed E-state index contributed by atoms with van der Waals surface area (Å²) in [5, 5.41) is 5.09. The Bertz CT molecular complexity index is 1370. The molecule has 1 saturated carbocycles. The van der Waals surface area contributed by atoms with E-state index in [0.717, 1.165) is 25.8 Å². The second-order valence-corrected chi connectivity index (χ2v) is 10.7. The number of carbonyl (C=O) groups excluding carboxylic acids is 3. The van der Waals surface area contributed by atoms with Crippen LogP contribution in [0, 0.1) is 12.7 Å². The molecule has 2 N–H and O–H groups in total. The molecule has 1 saturated heterocycles. The Morgan fingerprint density at radius 3 is 2.20 bits per heavy atom. The van der Waals surface area contributed by atoms with Crippen LogP contribution in [0.15, 0.2) is 24.4 Å². The maximum atomic E-state index is 15.0. The van der Waals surface area contributed by atoms with Crippen molar-refractivity contribution in [3.63, 3.8) is 0 Å². The largest absolute Gasteiger partial charge is 0.461 e. The molecule has 2 heterocycles. The fourth-order valence-electron chi connectivity index (χ4n) is 4.95. The van der Waals surface area contributed by atoms with Crippen molar-refractivity contribution >= 4 is 17.7 Å². The zero-order chi connectivity index (χ0) is 30.5. The SMILES string of the molecule is Cc1nc(C(F)(F)C(F)(F)F)ncc1C(=O)NC1(C(=O)N[C@H](C)c2ccc(C(=O)N3[C@H](C)CC[C@@H]3C)cc2F)CC1. The van der Waals surface area contributed by atoms with Gasteiger partial charge in [-0.15, -0.1) is 0 Å². The van der Waals surface area contributed by atoms with Gasteiger partial charge < -0.3 is 15.5 Å². The number of carbonyl (C=O) groups is 3. The third-order valence-corrected chi connectivity index (χ3v) is 7.65. The van der Waals surface area contributed by atoms with E-state index in [1.165, 1.54) is 19.1 Å². The summed E-state index contributed by atoms with van der Waals surface area (Å²) in [4.78, 5) is 46.7. The standard InChI is InChI=1S/C27H29F6N5O3/c1-13-5-6-14(2)38(13)22(40)17-7-8-18(20(28)11-17)15(3)36-24(41)25(9-10-25)37-21(39)19-12-34-23(35-16(19)4)26(29,30)27(31,32)33/h7-8,11-15H,5-6,9-10H2,1-4H3,(H,36,41)(H,37,39)/t13-,14+,15-/m1/s1. The average molecular weight is 586 g/mol. The molecule has 0 radical (unpaired) electrons. The fourth-order valence-corrected chi connectivity index (χ4v) is 4.95. The van der Waals surface area contributed by atoms with Crippen LogP contribution in [0.2, 0.25) is 0 Å². The van der Waals surface area contributed by atoms with E-state index in [4.69, 9.17) is 0 Å². The Morgan fingerprint density at radius 1 is 1.07 bits per heavy atom. The molecule has 41 heavy (non-hydrogen) atoms.